The van der Waals surface area contributed by atoms with E-state index in [1.807, 2.05) is 13.8 Å². The SMILES string of the molecule is Cc1ccc(N2CCN(S(=O)(=O)c3ccc(OC(C)C)cc3)CC2)cc1C. The van der Waals surface area contributed by atoms with Gasteiger partial charge in [0, 0.05) is 31.9 Å². The fourth-order valence-electron chi connectivity index (χ4n) is 3.22. The van der Waals surface area contributed by atoms with Gasteiger partial charge in [-0.25, -0.2) is 8.42 Å². The third kappa shape index (κ3) is 4.45. The number of ether oxygens (including phenoxy) is 1. The molecular formula is C21H28N2O3S. The lowest BCUT2D eigenvalue weighted by Crippen LogP contribution is -2.48. The first-order valence-corrected chi connectivity index (χ1v) is 10.8. The van der Waals surface area contributed by atoms with Gasteiger partial charge in [-0.2, -0.15) is 4.31 Å². The molecule has 0 radical (unpaired) electrons. The summed E-state index contributed by atoms with van der Waals surface area (Å²) in [5, 5.41) is 0. The Hall–Kier alpha value is -2.05. The van der Waals surface area contributed by atoms with Gasteiger partial charge in [-0.05, 0) is 75.2 Å². The van der Waals surface area contributed by atoms with Gasteiger partial charge in [-0.15, -0.1) is 0 Å². The monoisotopic (exact) mass is 388 g/mol. The molecule has 0 spiro atoms. The van der Waals surface area contributed by atoms with E-state index in [0.717, 1.165) is 5.69 Å². The van der Waals surface area contributed by atoms with Gasteiger partial charge in [0.1, 0.15) is 5.75 Å². The lowest BCUT2D eigenvalue weighted by atomic mass is 10.1. The predicted octanol–water partition coefficient (Wildman–Crippen LogP) is 3.60. The van der Waals surface area contributed by atoms with Gasteiger partial charge >= 0.3 is 0 Å². The molecule has 146 valence electrons. The van der Waals surface area contributed by atoms with E-state index in [1.165, 1.54) is 11.1 Å². The zero-order chi connectivity index (χ0) is 19.6. The van der Waals surface area contributed by atoms with Crippen molar-refractivity contribution in [3.63, 3.8) is 0 Å². The number of rotatable bonds is 5. The summed E-state index contributed by atoms with van der Waals surface area (Å²) >= 11 is 0. The lowest BCUT2D eigenvalue weighted by Gasteiger charge is -2.35. The number of sulfonamides is 1. The van der Waals surface area contributed by atoms with Crippen LogP contribution in [0.3, 0.4) is 0 Å². The van der Waals surface area contributed by atoms with Crippen LogP contribution < -0.4 is 9.64 Å². The van der Waals surface area contributed by atoms with Crippen LogP contribution >= 0.6 is 0 Å². The van der Waals surface area contributed by atoms with Crippen molar-refractivity contribution in [3.05, 3.63) is 53.6 Å². The Morgan fingerprint density at radius 3 is 2.07 bits per heavy atom. The third-order valence-corrected chi connectivity index (χ3v) is 6.84. The highest BCUT2D eigenvalue weighted by atomic mass is 32.2. The van der Waals surface area contributed by atoms with Crippen LogP contribution in [-0.2, 0) is 10.0 Å². The summed E-state index contributed by atoms with van der Waals surface area (Å²) in [5.41, 5.74) is 3.68. The topological polar surface area (TPSA) is 49.9 Å². The van der Waals surface area contributed by atoms with Gasteiger partial charge in [0.25, 0.3) is 0 Å². The Morgan fingerprint density at radius 1 is 0.889 bits per heavy atom. The standard InChI is InChI=1S/C21H28N2O3S/c1-16(2)26-20-7-9-21(10-8-20)27(24,25)23-13-11-22(12-14-23)19-6-5-17(3)18(4)15-19/h5-10,15-16H,11-14H2,1-4H3. The summed E-state index contributed by atoms with van der Waals surface area (Å²) in [6.45, 7) is 10.4. The van der Waals surface area contributed by atoms with Crippen molar-refractivity contribution in [2.24, 2.45) is 0 Å². The van der Waals surface area contributed by atoms with E-state index in [0.29, 0.717) is 36.8 Å². The molecule has 0 aliphatic carbocycles. The zero-order valence-electron chi connectivity index (χ0n) is 16.5. The summed E-state index contributed by atoms with van der Waals surface area (Å²) < 4.78 is 33.0. The van der Waals surface area contributed by atoms with Crippen LogP contribution in [0.2, 0.25) is 0 Å². The molecule has 6 heteroatoms. The van der Waals surface area contributed by atoms with E-state index < -0.39 is 10.0 Å². The molecule has 0 unspecified atom stereocenters. The highest BCUT2D eigenvalue weighted by Crippen LogP contribution is 2.24. The van der Waals surface area contributed by atoms with E-state index in [2.05, 4.69) is 36.9 Å². The van der Waals surface area contributed by atoms with Crippen LogP contribution in [0.25, 0.3) is 0 Å². The maximum Gasteiger partial charge on any atom is 0.243 e. The predicted molar refractivity (Wildman–Crippen MR) is 109 cm³/mol. The normalized spacial score (nSPS) is 16.0. The first-order valence-electron chi connectivity index (χ1n) is 9.36. The molecule has 0 atom stereocenters. The Balaban J connectivity index is 1.68. The largest absolute Gasteiger partial charge is 0.491 e. The molecule has 27 heavy (non-hydrogen) atoms. The molecule has 2 aromatic rings. The molecular weight excluding hydrogens is 360 g/mol. The molecule has 0 aromatic heterocycles. The molecule has 0 amide bonds. The van der Waals surface area contributed by atoms with Crippen molar-refractivity contribution in [2.75, 3.05) is 31.1 Å². The third-order valence-electron chi connectivity index (χ3n) is 4.93. The first kappa shape index (κ1) is 19.7. The summed E-state index contributed by atoms with van der Waals surface area (Å²) in [5.74, 6) is 0.684. The lowest BCUT2D eigenvalue weighted by molar-refractivity contribution is 0.242. The fraction of sp³-hybridized carbons (Fsp3) is 0.429. The number of anilines is 1. The maximum atomic E-state index is 12.9. The molecule has 1 aliphatic rings. The molecule has 2 aromatic carbocycles. The molecule has 3 rings (SSSR count). The Labute approximate surface area is 162 Å². The van der Waals surface area contributed by atoms with Crippen LogP contribution in [0.4, 0.5) is 5.69 Å². The van der Waals surface area contributed by atoms with Gasteiger partial charge in [-0.1, -0.05) is 6.07 Å². The second kappa shape index (κ2) is 7.90. The van der Waals surface area contributed by atoms with Crippen molar-refractivity contribution in [2.45, 2.75) is 38.7 Å². The average Bonchev–Trinajstić information content (AvgIpc) is 2.64. The molecule has 0 bridgehead atoms. The molecule has 5 nitrogen and oxygen atoms in total. The summed E-state index contributed by atoms with van der Waals surface area (Å²) in [6.07, 6.45) is 0.0611. The van der Waals surface area contributed by atoms with Crippen molar-refractivity contribution < 1.29 is 13.2 Å². The molecule has 1 fully saturated rings. The summed E-state index contributed by atoms with van der Waals surface area (Å²) in [6, 6.07) is 13.1. The molecule has 1 saturated heterocycles. The van der Waals surface area contributed by atoms with E-state index >= 15 is 0 Å². The second-order valence-electron chi connectivity index (χ2n) is 7.30. The molecule has 1 heterocycles. The van der Waals surface area contributed by atoms with Gasteiger partial charge in [0.15, 0.2) is 0 Å². The highest BCUT2D eigenvalue weighted by Gasteiger charge is 2.28. The first-order chi connectivity index (χ1) is 12.8. The van der Waals surface area contributed by atoms with E-state index in [4.69, 9.17) is 4.74 Å². The van der Waals surface area contributed by atoms with Gasteiger partial charge < -0.3 is 9.64 Å². The maximum absolute atomic E-state index is 12.9. The smallest absolute Gasteiger partial charge is 0.243 e. The van der Waals surface area contributed by atoms with Crippen LogP contribution in [0.5, 0.6) is 5.75 Å². The number of nitrogens with zero attached hydrogens (tertiary/aromatic N) is 2. The average molecular weight is 389 g/mol. The van der Waals surface area contributed by atoms with E-state index in [-0.39, 0.29) is 6.10 Å². The minimum Gasteiger partial charge on any atom is -0.491 e. The fourth-order valence-corrected chi connectivity index (χ4v) is 4.64. The Kier molecular flexibility index (Phi) is 5.77. The van der Waals surface area contributed by atoms with Crippen molar-refractivity contribution in [1.82, 2.24) is 4.31 Å². The Morgan fingerprint density at radius 2 is 1.52 bits per heavy atom. The van der Waals surface area contributed by atoms with Crippen molar-refractivity contribution >= 4 is 15.7 Å². The molecule has 0 N–H and O–H groups in total. The van der Waals surface area contributed by atoms with E-state index in [9.17, 15) is 8.42 Å². The van der Waals surface area contributed by atoms with Crippen molar-refractivity contribution in [3.8, 4) is 5.75 Å². The van der Waals surface area contributed by atoms with Crippen LogP contribution in [0.1, 0.15) is 25.0 Å². The summed E-state index contributed by atoms with van der Waals surface area (Å²) in [7, 11) is -3.48. The minimum atomic E-state index is -3.48. The molecule has 1 aliphatic heterocycles. The number of benzene rings is 2. The second-order valence-corrected chi connectivity index (χ2v) is 9.24. The van der Waals surface area contributed by atoms with Gasteiger partial charge in [0.05, 0.1) is 11.0 Å². The number of piperazine rings is 1. The van der Waals surface area contributed by atoms with Crippen LogP contribution in [-0.4, -0.2) is 45.0 Å². The van der Waals surface area contributed by atoms with Gasteiger partial charge in [0.2, 0.25) is 10.0 Å². The minimum absolute atomic E-state index is 0.0611. The number of hydrogen-bond acceptors (Lipinski definition) is 4. The van der Waals surface area contributed by atoms with Crippen LogP contribution in [0.15, 0.2) is 47.4 Å². The number of aryl methyl sites for hydroxylation is 2. The van der Waals surface area contributed by atoms with Gasteiger partial charge in [-0.3, -0.25) is 0 Å². The highest BCUT2D eigenvalue weighted by molar-refractivity contribution is 7.89. The van der Waals surface area contributed by atoms with Crippen LogP contribution in [0, 0.1) is 13.8 Å². The number of hydrogen-bond donors (Lipinski definition) is 0. The van der Waals surface area contributed by atoms with Crippen molar-refractivity contribution in [1.29, 1.82) is 0 Å². The quantitative estimate of drug-likeness (QED) is 0.785. The molecule has 0 saturated carbocycles. The Bertz CT molecular complexity index is 884. The zero-order valence-corrected chi connectivity index (χ0v) is 17.3. The summed E-state index contributed by atoms with van der Waals surface area (Å²) in [4.78, 5) is 2.57. The van der Waals surface area contributed by atoms with E-state index in [1.54, 1.807) is 28.6 Å².